The second-order valence-electron chi connectivity index (χ2n) is 4.63. The van der Waals surface area contributed by atoms with Crippen molar-refractivity contribution in [2.75, 3.05) is 11.9 Å². The van der Waals surface area contributed by atoms with Crippen LogP contribution in [0.4, 0.5) is 4.39 Å². The smallest absolute Gasteiger partial charge is 0.251 e. The molecule has 0 aromatic heterocycles. The second-order valence-corrected chi connectivity index (χ2v) is 5.43. The Hall–Kier alpha value is -0.900. The highest BCUT2D eigenvalue weighted by Gasteiger charge is 2.41. The number of carbonyl (C=O) groups is 1. The zero-order valence-corrected chi connectivity index (χ0v) is 11.1. The highest BCUT2D eigenvalue weighted by atomic mass is 79.9. The molecular formula is C13H15BrFNO. The molecule has 0 atom stereocenters. The zero-order chi connectivity index (χ0) is 12.3. The van der Waals surface area contributed by atoms with E-state index in [1.54, 1.807) is 12.1 Å². The van der Waals surface area contributed by atoms with Gasteiger partial charge in [0.2, 0.25) is 0 Å². The van der Waals surface area contributed by atoms with E-state index < -0.39 is 0 Å². The SMILES string of the molecule is O=C(NCC1(CCBr)CC1)c1cccc(F)c1. The van der Waals surface area contributed by atoms with Crippen LogP contribution in [0.3, 0.4) is 0 Å². The molecule has 1 fully saturated rings. The molecule has 2 rings (SSSR count). The molecule has 4 heteroatoms. The summed E-state index contributed by atoms with van der Waals surface area (Å²) in [5.41, 5.74) is 0.673. The maximum Gasteiger partial charge on any atom is 0.251 e. The first-order valence-corrected chi connectivity index (χ1v) is 6.87. The Labute approximate surface area is 109 Å². The van der Waals surface area contributed by atoms with Crippen molar-refractivity contribution in [2.45, 2.75) is 19.3 Å². The van der Waals surface area contributed by atoms with Gasteiger partial charge in [-0.15, -0.1) is 0 Å². The summed E-state index contributed by atoms with van der Waals surface area (Å²) >= 11 is 3.42. The number of benzene rings is 1. The minimum Gasteiger partial charge on any atom is -0.351 e. The first-order chi connectivity index (χ1) is 8.15. The van der Waals surface area contributed by atoms with Crippen molar-refractivity contribution in [3.8, 4) is 0 Å². The number of hydrogen-bond donors (Lipinski definition) is 1. The third-order valence-electron chi connectivity index (χ3n) is 3.29. The Morgan fingerprint density at radius 2 is 2.24 bits per heavy atom. The normalized spacial score (nSPS) is 16.6. The Balaban J connectivity index is 1.90. The van der Waals surface area contributed by atoms with Crippen molar-refractivity contribution < 1.29 is 9.18 Å². The summed E-state index contributed by atoms with van der Waals surface area (Å²) in [4.78, 5) is 11.8. The molecule has 17 heavy (non-hydrogen) atoms. The van der Waals surface area contributed by atoms with Crippen LogP contribution in [0, 0.1) is 11.2 Å². The number of hydrogen-bond acceptors (Lipinski definition) is 1. The van der Waals surface area contributed by atoms with Crippen molar-refractivity contribution >= 4 is 21.8 Å². The molecule has 1 N–H and O–H groups in total. The first-order valence-electron chi connectivity index (χ1n) is 5.75. The van der Waals surface area contributed by atoms with Crippen LogP contribution in [0.5, 0.6) is 0 Å². The molecule has 1 amide bonds. The first kappa shape index (κ1) is 12.6. The van der Waals surface area contributed by atoms with E-state index in [0.717, 1.165) is 11.8 Å². The quantitative estimate of drug-likeness (QED) is 0.832. The predicted molar refractivity (Wildman–Crippen MR) is 68.8 cm³/mol. The van der Waals surface area contributed by atoms with Crippen molar-refractivity contribution in [3.63, 3.8) is 0 Å². The third kappa shape index (κ3) is 3.28. The Kier molecular flexibility index (Phi) is 3.82. The van der Waals surface area contributed by atoms with Gasteiger partial charge in [0.1, 0.15) is 5.82 Å². The fourth-order valence-electron chi connectivity index (χ4n) is 1.89. The molecule has 92 valence electrons. The third-order valence-corrected chi connectivity index (χ3v) is 3.69. The van der Waals surface area contributed by atoms with E-state index in [1.807, 2.05) is 0 Å². The van der Waals surface area contributed by atoms with Crippen molar-refractivity contribution in [2.24, 2.45) is 5.41 Å². The molecule has 0 spiro atoms. The van der Waals surface area contributed by atoms with Crippen LogP contribution in [0.25, 0.3) is 0 Å². The summed E-state index contributed by atoms with van der Waals surface area (Å²) in [7, 11) is 0. The fourth-order valence-corrected chi connectivity index (χ4v) is 2.73. The van der Waals surface area contributed by atoms with Crippen LogP contribution >= 0.6 is 15.9 Å². The number of nitrogens with one attached hydrogen (secondary N) is 1. The average Bonchev–Trinajstić information content (AvgIpc) is 3.07. The number of amides is 1. The molecule has 1 saturated carbocycles. The fraction of sp³-hybridized carbons (Fsp3) is 0.462. The topological polar surface area (TPSA) is 29.1 Å². The van der Waals surface area contributed by atoms with Gasteiger partial charge in [0, 0.05) is 17.4 Å². The summed E-state index contributed by atoms with van der Waals surface area (Å²) in [6.45, 7) is 0.688. The van der Waals surface area contributed by atoms with Crippen LogP contribution in [-0.4, -0.2) is 17.8 Å². The highest BCUT2D eigenvalue weighted by Crippen LogP contribution is 2.48. The minimum absolute atomic E-state index is 0.189. The van der Waals surface area contributed by atoms with Gasteiger partial charge in [-0.05, 0) is 42.9 Å². The summed E-state index contributed by atoms with van der Waals surface area (Å²) in [5, 5.41) is 3.85. The number of alkyl halides is 1. The standard InChI is InChI=1S/C13H15BrFNO/c14-7-6-13(4-5-13)9-16-12(17)10-2-1-3-11(15)8-10/h1-3,8H,4-7,9H2,(H,16,17). The lowest BCUT2D eigenvalue weighted by Crippen LogP contribution is -2.30. The van der Waals surface area contributed by atoms with Gasteiger partial charge in [-0.25, -0.2) is 4.39 Å². The van der Waals surface area contributed by atoms with Crippen LogP contribution < -0.4 is 5.32 Å². The lowest BCUT2D eigenvalue weighted by Gasteiger charge is -2.14. The second kappa shape index (κ2) is 5.17. The summed E-state index contributed by atoms with van der Waals surface area (Å²) in [5.74, 6) is -0.565. The van der Waals surface area contributed by atoms with Gasteiger partial charge >= 0.3 is 0 Å². The van der Waals surface area contributed by atoms with Gasteiger partial charge in [0.25, 0.3) is 5.91 Å². The number of halogens is 2. The lowest BCUT2D eigenvalue weighted by atomic mass is 10.0. The van der Waals surface area contributed by atoms with E-state index in [4.69, 9.17) is 0 Å². The van der Waals surface area contributed by atoms with E-state index >= 15 is 0 Å². The van der Waals surface area contributed by atoms with Gasteiger partial charge in [0.05, 0.1) is 0 Å². The molecule has 0 saturated heterocycles. The Bertz CT molecular complexity index is 418. The molecule has 2 nitrogen and oxygen atoms in total. The average molecular weight is 300 g/mol. The number of carbonyl (C=O) groups excluding carboxylic acids is 1. The van der Waals surface area contributed by atoms with E-state index in [9.17, 15) is 9.18 Å². The molecule has 1 aliphatic carbocycles. The Morgan fingerprint density at radius 1 is 1.47 bits per heavy atom. The van der Waals surface area contributed by atoms with E-state index in [0.29, 0.717) is 12.1 Å². The molecular weight excluding hydrogens is 285 g/mol. The van der Waals surface area contributed by atoms with Crippen LogP contribution in [0.2, 0.25) is 0 Å². The largest absolute Gasteiger partial charge is 0.351 e. The lowest BCUT2D eigenvalue weighted by molar-refractivity contribution is 0.0944. The molecule has 0 aliphatic heterocycles. The van der Waals surface area contributed by atoms with Gasteiger partial charge in [0.15, 0.2) is 0 Å². The molecule has 0 radical (unpaired) electrons. The van der Waals surface area contributed by atoms with Crippen LogP contribution in [0.15, 0.2) is 24.3 Å². The van der Waals surface area contributed by atoms with Crippen molar-refractivity contribution in [3.05, 3.63) is 35.6 Å². The van der Waals surface area contributed by atoms with E-state index in [-0.39, 0.29) is 17.1 Å². The predicted octanol–water partition coefficient (Wildman–Crippen LogP) is 3.12. The maximum atomic E-state index is 12.9. The molecule has 0 heterocycles. The summed E-state index contributed by atoms with van der Waals surface area (Å²) in [6.07, 6.45) is 3.42. The summed E-state index contributed by atoms with van der Waals surface area (Å²) < 4.78 is 12.9. The van der Waals surface area contributed by atoms with Gasteiger partial charge in [-0.2, -0.15) is 0 Å². The van der Waals surface area contributed by atoms with E-state index in [2.05, 4.69) is 21.2 Å². The van der Waals surface area contributed by atoms with Crippen molar-refractivity contribution in [1.29, 1.82) is 0 Å². The minimum atomic E-state index is -0.376. The molecule has 1 aliphatic rings. The molecule has 0 unspecified atom stereocenters. The Morgan fingerprint density at radius 3 is 2.82 bits per heavy atom. The van der Waals surface area contributed by atoms with Crippen LogP contribution in [-0.2, 0) is 0 Å². The van der Waals surface area contributed by atoms with Crippen LogP contribution in [0.1, 0.15) is 29.6 Å². The zero-order valence-electron chi connectivity index (χ0n) is 9.51. The van der Waals surface area contributed by atoms with E-state index in [1.165, 1.54) is 25.0 Å². The number of rotatable bonds is 5. The summed E-state index contributed by atoms with van der Waals surface area (Å²) in [6, 6.07) is 5.78. The molecule has 1 aromatic carbocycles. The van der Waals surface area contributed by atoms with Crippen molar-refractivity contribution in [1.82, 2.24) is 5.32 Å². The molecule has 0 bridgehead atoms. The molecule has 1 aromatic rings. The maximum absolute atomic E-state index is 12.9. The van der Waals surface area contributed by atoms with Gasteiger partial charge < -0.3 is 5.32 Å². The monoisotopic (exact) mass is 299 g/mol. The highest BCUT2D eigenvalue weighted by molar-refractivity contribution is 9.09. The van der Waals surface area contributed by atoms with Gasteiger partial charge in [-0.3, -0.25) is 4.79 Å². The van der Waals surface area contributed by atoms with Gasteiger partial charge in [-0.1, -0.05) is 22.0 Å².